The Hall–Kier alpha value is -0.590. The standard InChI is InChI=1S/C14H20O/c1-13(2)10-8-11(13)14(3)7-5-4-6-9(14)12(10)15/h6,10-11H,4-5,7-8H2,1-3H3/t10-,11-,14+/m1/s1. The molecule has 0 saturated heterocycles. The Bertz CT molecular complexity index is 364. The Balaban J connectivity index is 2.11. The SMILES string of the molecule is CC1(C)[C@@H]2C[C@H]1[C@@]1(C)CCCC=C1C2=O. The Morgan fingerprint density at radius 1 is 1.33 bits per heavy atom. The number of carbonyl (C=O) groups excluding carboxylic acids is 1. The van der Waals surface area contributed by atoms with E-state index in [0.717, 1.165) is 18.8 Å². The highest BCUT2D eigenvalue weighted by Gasteiger charge is 2.65. The molecule has 0 aliphatic heterocycles. The summed E-state index contributed by atoms with van der Waals surface area (Å²) in [4.78, 5) is 12.4. The molecule has 0 amide bonds. The lowest BCUT2D eigenvalue weighted by molar-refractivity contribution is -0.160. The fraction of sp³-hybridized carbons (Fsp3) is 0.786. The summed E-state index contributed by atoms with van der Waals surface area (Å²) < 4.78 is 0. The minimum Gasteiger partial charge on any atom is -0.294 e. The number of hydrogen-bond donors (Lipinski definition) is 0. The average Bonchev–Trinajstić information content (AvgIpc) is 2.15. The second-order valence-electron chi connectivity index (χ2n) is 6.45. The van der Waals surface area contributed by atoms with Gasteiger partial charge >= 0.3 is 0 Å². The van der Waals surface area contributed by atoms with Crippen LogP contribution in [0, 0.1) is 22.7 Å². The fourth-order valence-electron chi connectivity index (χ4n) is 4.47. The molecular formula is C14H20O. The maximum Gasteiger partial charge on any atom is 0.162 e. The Kier molecular flexibility index (Phi) is 1.64. The van der Waals surface area contributed by atoms with Gasteiger partial charge in [0.2, 0.25) is 0 Å². The molecule has 0 heterocycles. The second-order valence-corrected chi connectivity index (χ2v) is 6.45. The molecular weight excluding hydrogens is 184 g/mol. The van der Waals surface area contributed by atoms with Gasteiger partial charge in [-0.05, 0) is 48.0 Å². The van der Waals surface area contributed by atoms with Crippen LogP contribution in [0.1, 0.15) is 46.5 Å². The Labute approximate surface area is 91.9 Å². The molecule has 0 radical (unpaired) electrons. The zero-order chi connectivity index (χ0) is 10.8. The van der Waals surface area contributed by atoms with Crippen LogP contribution in [0.4, 0.5) is 0 Å². The van der Waals surface area contributed by atoms with E-state index in [4.69, 9.17) is 0 Å². The van der Waals surface area contributed by atoms with Crippen LogP contribution in [0.3, 0.4) is 0 Å². The number of ketones is 1. The van der Waals surface area contributed by atoms with Crippen LogP contribution in [0.15, 0.2) is 11.6 Å². The lowest BCUT2D eigenvalue weighted by Gasteiger charge is -2.65. The zero-order valence-corrected chi connectivity index (χ0v) is 9.97. The minimum atomic E-state index is 0.216. The van der Waals surface area contributed by atoms with E-state index in [1.54, 1.807) is 0 Å². The highest BCUT2D eigenvalue weighted by Crippen LogP contribution is 2.68. The predicted octanol–water partition coefficient (Wildman–Crippen LogP) is 3.35. The summed E-state index contributed by atoms with van der Waals surface area (Å²) >= 11 is 0. The summed E-state index contributed by atoms with van der Waals surface area (Å²) in [5.41, 5.74) is 1.67. The Morgan fingerprint density at radius 3 is 2.73 bits per heavy atom. The van der Waals surface area contributed by atoms with Gasteiger partial charge in [-0.15, -0.1) is 0 Å². The van der Waals surface area contributed by atoms with Crippen molar-refractivity contribution in [1.29, 1.82) is 0 Å². The van der Waals surface area contributed by atoms with Gasteiger partial charge < -0.3 is 0 Å². The van der Waals surface area contributed by atoms with Gasteiger partial charge in [0.15, 0.2) is 5.78 Å². The van der Waals surface area contributed by atoms with Gasteiger partial charge in [-0.25, -0.2) is 0 Å². The van der Waals surface area contributed by atoms with E-state index < -0.39 is 0 Å². The van der Waals surface area contributed by atoms with E-state index in [1.165, 1.54) is 18.4 Å². The van der Waals surface area contributed by atoms with Gasteiger partial charge in [-0.2, -0.15) is 0 Å². The van der Waals surface area contributed by atoms with Gasteiger partial charge in [0.1, 0.15) is 0 Å². The molecule has 2 bridgehead atoms. The average molecular weight is 204 g/mol. The number of hydrogen-bond acceptors (Lipinski definition) is 1. The van der Waals surface area contributed by atoms with Crippen molar-refractivity contribution < 1.29 is 4.79 Å². The van der Waals surface area contributed by atoms with Crippen molar-refractivity contribution >= 4 is 5.78 Å². The smallest absolute Gasteiger partial charge is 0.162 e. The van der Waals surface area contributed by atoms with Crippen molar-refractivity contribution in [3.63, 3.8) is 0 Å². The number of allylic oxidation sites excluding steroid dienone is 2. The molecule has 4 aliphatic rings. The molecule has 0 aromatic heterocycles. The zero-order valence-electron chi connectivity index (χ0n) is 9.97. The highest BCUT2D eigenvalue weighted by molar-refractivity contribution is 6.01. The summed E-state index contributed by atoms with van der Waals surface area (Å²) in [5.74, 6) is 1.56. The van der Waals surface area contributed by atoms with E-state index in [9.17, 15) is 4.79 Å². The minimum absolute atomic E-state index is 0.216. The summed E-state index contributed by atoms with van der Waals surface area (Å²) in [7, 11) is 0. The Morgan fingerprint density at radius 2 is 2.07 bits per heavy atom. The van der Waals surface area contributed by atoms with Crippen LogP contribution in [-0.4, -0.2) is 5.78 Å². The molecule has 3 fully saturated rings. The van der Waals surface area contributed by atoms with Crippen molar-refractivity contribution in [2.45, 2.75) is 46.5 Å². The van der Waals surface area contributed by atoms with E-state index in [-0.39, 0.29) is 10.8 Å². The van der Waals surface area contributed by atoms with Gasteiger partial charge in [-0.1, -0.05) is 26.8 Å². The maximum absolute atomic E-state index is 12.4. The normalized spacial score (nSPS) is 46.6. The maximum atomic E-state index is 12.4. The number of rotatable bonds is 0. The quantitative estimate of drug-likeness (QED) is 0.591. The summed E-state index contributed by atoms with van der Waals surface area (Å²) in [6.45, 7) is 6.92. The molecule has 82 valence electrons. The first-order valence-electron chi connectivity index (χ1n) is 6.23. The van der Waals surface area contributed by atoms with E-state index >= 15 is 0 Å². The van der Waals surface area contributed by atoms with Gasteiger partial charge in [-0.3, -0.25) is 4.79 Å². The van der Waals surface area contributed by atoms with Crippen LogP contribution in [0.2, 0.25) is 0 Å². The van der Waals surface area contributed by atoms with Gasteiger partial charge in [0.05, 0.1) is 0 Å². The number of carbonyl (C=O) groups is 1. The summed E-state index contributed by atoms with van der Waals surface area (Å²) in [5, 5.41) is 0. The third kappa shape index (κ3) is 0.926. The van der Waals surface area contributed by atoms with Crippen LogP contribution in [-0.2, 0) is 4.79 Å². The van der Waals surface area contributed by atoms with Crippen LogP contribution in [0.25, 0.3) is 0 Å². The fourth-order valence-corrected chi connectivity index (χ4v) is 4.47. The first-order chi connectivity index (χ1) is 6.98. The van der Waals surface area contributed by atoms with Crippen molar-refractivity contribution in [2.24, 2.45) is 22.7 Å². The molecule has 3 atom stereocenters. The molecule has 4 rings (SSSR count). The molecule has 0 N–H and O–H groups in total. The van der Waals surface area contributed by atoms with Crippen LogP contribution < -0.4 is 0 Å². The lowest BCUT2D eigenvalue weighted by atomic mass is 9.38. The lowest BCUT2D eigenvalue weighted by Crippen LogP contribution is -2.62. The topological polar surface area (TPSA) is 17.1 Å². The first kappa shape index (κ1) is 9.62. The van der Waals surface area contributed by atoms with E-state index in [0.29, 0.717) is 11.7 Å². The van der Waals surface area contributed by atoms with Gasteiger partial charge in [0.25, 0.3) is 0 Å². The van der Waals surface area contributed by atoms with Crippen LogP contribution >= 0.6 is 0 Å². The number of Topliss-reactive ketones (excluding diaryl/α,β-unsaturated/α-hetero) is 1. The molecule has 0 aromatic carbocycles. The second kappa shape index (κ2) is 2.56. The molecule has 0 unspecified atom stereocenters. The molecule has 3 saturated carbocycles. The molecule has 1 heteroatoms. The van der Waals surface area contributed by atoms with Crippen molar-refractivity contribution in [3.05, 3.63) is 11.6 Å². The van der Waals surface area contributed by atoms with Crippen molar-refractivity contribution in [1.82, 2.24) is 0 Å². The van der Waals surface area contributed by atoms with Crippen LogP contribution in [0.5, 0.6) is 0 Å². The molecule has 0 aromatic rings. The third-order valence-electron chi connectivity index (χ3n) is 5.48. The largest absolute Gasteiger partial charge is 0.294 e. The van der Waals surface area contributed by atoms with Gasteiger partial charge in [0, 0.05) is 5.92 Å². The molecule has 15 heavy (non-hydrogen) atoms. The summed E-state index contributed by atoms with van der Waals surface area (Å²) in [6.07, 6.45) is 7.01. The predicted molar refractivity (Wildman–Crippen MR) is 60.4 cm³/mol. The van der Waals surface area contributed by atoms with E-state index in [2.05, 4.69) is 26.8 Å². The monoisotopic (exact) mass is 204 g/mol. The first-order valence-corrected chi connectivity index (χ1v) is 6.23. The highest BCUT2D eigenvalue weighted by atomic mass is 16.1. The molecule has 0 spiro atoms. The molecule has 4 aliphatic carbocycles. The molecule has 1 nitrogen and oxygen atoms in total. The van der Waals surface area contributed by atoms with Crippen molar-refractivity contribution in [3.8, 4) is 0 Å². The summed E-state index contributed by atoms with van der Waals surface area (Å²) in [6, 6.07) is 0. The van der Waals surface area contributed by atoms with E-state index in [1.807, 2.05) is 0 Å². The third-order valence-corrected chi connectivity index (χ3v) is 5.48. The van der Waals surface area contributed by atoms with Crippen molar-refractivity contribution in [2.75, 3.05) is 0 Å².